The number of rotatable bonds is 6. The topological polar surface area (TPSA) is 66.4 Å². The first kappa shape index (κ1) is 18.4. The highest BCUT2D eigenvalue weighted by Gasteiger charge is 2.26. The summed E-state index contributed by atoms with van der Waals surface area (Å²) in [4.78, 5) is 8.87. The van der Waals surface area contributed by atoms with Crippen molar-refractivity contribution in [2.75, 3.05) is 12.8 Å². The smallest absolute Gasteiger partial charge is 0.191 e. The number of thiazole rings is 1. The van der Waals surface area contributed by atoms with Gasteiger partial charge in [-0.3, -0.25) is 9.20 Å². The van der Waals surface area contributed by atoms with E-state index in [0.29, 0.717) is 17.8 Å². The zero-order valence-corrected chi connectivity index (χ0v) is 15.9. The van der Waals surface area contributed by atoms with Gasteiger partial charge >= 0.3 is 0 Å². The molecular formula is C16H28N4OS2. The van der Waals surface area contributed by atoms with E-state index in [1.54, 1.807) is 18.4 Å². The lowest BCUT2D eigenvalue weighted by Crippen LogP contribution is -2.46. The predicted molar refractivity (Wildman–Crippen MR) is 99.6 cm³/mol. The first-order valence-electron chi connectivity index (χ1n) is 8.43. The third-order valence-corrected chi connectivity index (χ3v) is 6.97. The minimum Gasteiger partial charge on any atom is -0.354 e. The fourth-order valence-electron chi connectivity index (χ4n) is 2.91. The molecule has 2 N–H and O–H groups in total. The van der Waals surface area contributed by atoms with Crippen molar-refractivity contribution in [3.05, 3.63) is 16.1 Å². The van der Waals surface area contributed by atoms with E-state index in [4.69, 9.17) is 0 Å². The third kappa shape index (κ3) is 5.57. The third-order valence-electron chi connectivity index (χ3n) is 4.19. The summed E-state index contributed by atoms with van der Waals surface area (Å²) in [6.07, 6.45) is 5.29. The van der Waals surface area contributed by atoms with Gasteiger partial charge in [0.15, 0.2) is 5.96 Å². The van der Waals surface area contributed by atoms with E-state index in [0.717, 1.165) is 49.5 Å². The molecule has 3 unspecified atom stereocenters. The SMILES string of the molecule is CCc1nc(CNC(=NC)NC2CCCC(S(=O)CC)C2)cs1. The molecule has 2 rings (SSSR count). The molecule has 7 heteroatoms. The van der Waals surface area contributed by atoms with Crippen LogP contribution in [0, 0.1) is 0 Å². The summed E-state index contributed by atoms with van der Waals surface area (Å²) in [5, 5.41) is 10.4. The summed E-state index contributed by atoms with van der Waals surface area (Å²) in [6, 6.07) is 0.358. The zero-order chi connectivity index (χ0) is 16.7. The molecule has 3 atom stereocenters. The van der Waals surface area contributed by atoms with Crippen LogP contribution in [-0.4, -0.2) is 39.2 Å². The Morgan fingerprint density at radius 3 is 2.96 bits per heavy atom. The summed E-state index contributed by atoms with van der Waals surface area (Å²) in [5.41, 5.74) is 1.06. The Hall–Kier alpha value is -0.950. The lowest BCUT2D eigenvalue weighted by Gasteiger charge is -2.30. The highest BCUT2D eigenvalue weighted by molar-refractivity contribution is 7.85. The minimum atomic E-state index is -0.692. The monoisotopic (exact) mass is 356 g/mol. The number of nitrogens with zero attached hydrogens (tertiary/aromatic N) is 2. The van der Waals surface area contributed by atoms with Gasteiger partial charge in [0, 0.05) is 40.3 Å². The van der Waals surface area contributed by atoms with Crippen LogP contribution >= 0.6 is 11.3 Å². The molecule has 1 fully saturated rings. The summed E-state index contributed by atoms with van der Waals surface area (Å²) >= 11 is 1.71. The van der Waals surface area contributed by atoms with E-state index in [-0.39, 0.29) is 0 Å². The van der Waals surface area contributed by atoms with Gasteiger partial charge in [0.2, 0.25) is 0 Å². The van der Waals surface area contributed by atoms with Gasteiger partial charge in [-0.2, -0.15) is 0 Å². The normalized spacial score (nSPS) is 23.5. The number of aliphatic imine (C=N–C) groups is 1. The van der Waals surface area contributed by atoms with Crippen LogP contribution in [-0.2, 0) is 23.8 Å². The summed E-state index contributed by atoms with van der Waals surface area (Å²) in [5.74, 6) is 1.57. The average molecular weight is 357 g/mol. The molecule has 1 aliphatic rings. The van der Waals surface area contributed by atoms with E-state index in [1.807, 2.05) is 6.92 Å². The van der Waals surface area contributed by atoms with Crippen molar-refractivity contribution in [1.29, 1.82) is 0 Å². The molecule has 0 spiro atoms. The van der Waals surface area contributed by atoms with Crippen LogP contribution in [0.1, 0.15) is 50.2 Å². The van der Waals surface area contributed by atoms with Crippen LogP contribution in [0.15, 0.2) is 10.4 Å². The van der Waals surface area contributed by atoms with E-state index in [1.165, 1.54) is 5.01 Å². The molecule has 1 aliphatic carbocycles. The molecule has 0 radical (unpaired) electrons. The Bertz CT molecular complexity index is 544. The lowest BCUT2D eigenvalue weighted by molar-refractivity contribution is 0.413. The number of guanidine groups is 1. The van der Waals surface area contributed by atoms with Gasteiger partial charge in [0.25, 0.3) is 0 Å². The van der Waals surface area contributed by atoms with Gasteiger partial charge in [0.05, 0.1) is 17.2 Å². The van der Waals surface area contributed by atoms with Crippen molar-refractivity contribution in [2.45, 2.75) is 63.8 Å². The molecule has 23 heavy (non-hydrogen) atoms. The molecule has 0 aliphatic heterocycles. The van der Waals surface area contributed by atoms with Gasteiger partial charge in [-0.25, -0.2) is 4.98 Å². The number of nitrogens with one attached hydrogen (secondary N) is 2. The Kier molecular flexibility index (Phi) is 7.49. The number of aromatic nitrogens is 1. The minimum absolute atomic E-state index is 0.329. The molecule has 0 bridgehead atoms. The van der Waals surface area contributed by atoms with Crippen molar-refractivity contribution in [1.82, 2.24) is 15.6 Å². The summed E-state index contributed by atoms with van der Waals surface area (Å²) in [6.45, 7) is 4.82. The van der Waals surface area contributed by atoms with Crippen molar-refractivity contribution >= 4 is 28.1 Å². The molecule has 0 amide bonds. The van der Waals surface area contributed by atoms with E-state index in [2.05, 4.69) is 32.9 Å². The second kappa shape index (κ2) is 9.37. The fourth-order valence-corrected chi connectivity index (χ4v) is 5.00. The van der Waals surface area contributed by atoms with Crippen LogP contribution in [0.2, 0.25) is 0 Å². The zero-order valence-electron chi connectivity index (χ0n) is 14.3. The first-order valence-corrected chi connectivity index (χ1v) is 10.7. The van der Waals surface area contributed by atoms with E-state index in [9.17, 15) is 4.21 Å². The van der Waals surface area contributed by atoms with Crippen LogP contribution in [0.5, 0.6) is 0 Å². The molecule has 1 saturated carbocycles. The number of hydrogen-bond donors (Lipinski definition) is 2. The molecule has 130 valence electrons. The quantitative estimate of drug-likeness (QED) is 0.607. The number of hydrogen-bond acceptors (Lipinski definition) is 4. The molecule has 0 saturated heterocycles. The van der Waals surface area contributed by atoms with Crippen molar-refractivity contribution in [3.63, 3.8) is 0 Å². The Balaban J connectivity index is 1.83. The van der Waals surface area contributed by atoms with Gasteiger partial charge < -0.3 is 10.6 Å². The Morgan fingerprint density at radius 2 is 2.30 bits per heavy atom. The van der Waals surface area contributed by atoms with Crippen LogP contribution in [0.3, 0.4) is 0 Å². The van der Waals surface area contributed by atoms with Crippen molar-refractivity contribution in [2.24, 2.45) is 4.99 Å². The fraction of sp³-hybridized carbons (Fsp3) is 0.750. The molecule has 1 aromatic rings. The average Bonchev–Trinajstić information content (AvgIpc) is 3.06. The highest BCUT2D eigenvalue weighted by atomic mass is 32.2. The molecule has 5 nitrogen and oxygen atoms in total. The van der Waals surface area contributed by atoms with Crippen LogP contribution < -0.4 is 10.6 Å². The Labute approximate surface area is 145 Å². The van der Waals surface area contributed by atoms with E-state index >= 15 is 0 Å². The maximum atomic E-state index is 12.0. The summed E-state index contributed by atoms with van der Waals surface area (Å²) in [7, 11) is 1.10. The van der Waals surface area contributed by atoms with E-state index < -0.39 is 10.8 Å². The highest BCUT2D eigenvalue weighted by Crippen LogP contribution is 2.23. The maximum absolute atomic E-state index is 12.0. The lowest BCUT2D eigenvalue weighted by atomic mass is 9.95. The Morgan fingerprint density at radius 1 is 1.48 bits per heavy atom. The van der Waals surface area contributed by atoms with Gasteiger partial charge in [-0.15, -0.1) is 11.3 Å². The molecule has 1 aromatic heterocycles. The standard InChI is InChI=1S/C16H28N4OS2/c1-4-15-19-13(11-22-15)10-18-16(17-3)20-12-7-6-8-14(9-12)23(21)5-2/h11-12,14H,4-10H2,1-3H3,(H2,17,18,20). The number of aryl methyl sites for hydroxylation is 1. The second-order valence-electron chi connectivity index (χ2n) is 5.81. The molecule has 0 aromatic carbocycles. The first-order chi connectivity index (χ1) is 11.2. The largest absolute Gasteiger partial charge is 0.354 e. The molecular weight excluding hydrogens is 328 g/mol. The van der Waals surface area contributed by atoms with Crippen molar-refractivity contribution < 1.29 is 4.21 Å². The van der Waals surface area contributed by atoms with Crippen LogP contribution in [0.4, 0.5) is 0 Å². The van der Waals surface area contributed by atoms with Gasteiger partial charge in [-0.05, 0) is 25.7 Å². The van der Waals surface area contributed by atoms with Gasteiger partial charge in [0.1, 0.15) is 0 Å². The van der Waals surface area contributed by atoms with Gasteiger partial charge in [-0.1, -0.05) is 20.3 Å². The second-order valence-corrected chi connectivity index (χ2v) is 8.76. The van der Waals surface area contributed by atoms with Crippen LogP contribution in [0.25, 0.3) is 0 Å². The maximum Gasteiger partial charge on any atom is 0.191 e. The summed E-state index contributed by atoms with van der Waals surface area (Å²) < 4.78 is 12.0. The molecule has 1 heterocycles. The predicted octanol–water partition coefficient (Wildman–Crippen LogP) is 2.45. The van der Waals surface area contributed by atoms with Crippen molar-refractivity contribution in [3.8, 4) is 0 Å².